The van der Waals surface area contributed by atoms with Crippen LogP contribution in [-0.4, -0.2) is 78.3 Å². The number of aliphatic hydroxyl groups is 1. The maximum absolute atomic E-state index is 13.3. The second kappa shape index (κ2) is 12.3. The Hall–Kier alpha value is -2.53. The minimum atomic E-state index is -4.77. The molecule has 2 fully saturated rings. The number of amides is 1. The molecule has 2 aromatic carbocycles. The van der Waals surface area contributed by atoms with Crippen LogP contribution in [0, 0.1) is 13.8 Å². The van der Waals surface area contributed by atoms with E-state index in [1.54, 1.807) is 11.0 Å². The standard InChI is InChI=1S/C28H34ClF3N2O5/c1-19-12-24(13-20(2)26(19)29)37-18-27(15-25(36)34-8-6-22(35)7-9-34)17-33(10-11-38-27)16-21-4-3-5-23(14-21)39-28(30,31)32/h3-5,12-14,22,35H,6-11,15-18H2,1-2H3/t27-/m1/s1. The van der Waals surface area contributed by atoms with E-state index in [9.17, 15) is 23.1 Å². The van der Waals surface area contributed by atoms with Crippen molar-refractivity contribution in [3.8, 4) is 11.5 Å². The summed E-state index contributed by atoms with van der Waals surface area (Å²) >= 11 is 6.31. The SMILES string of the molecule is Cc1cc(OC[C@@]2(CC(=O)N3CCC(O)CC3)CN(Cc3cccc(OC(F)(F)F)c3)CCO2)cc(C)c1Cl. The minimum Gasteiger partial charge on any atom is -0.490 e. The number of hydrogen-bond donors (Lipinski definition) is 1. The van der Waals surface area contributed by atoms with Crippen molar-refractivity contribution in [3.05, 3.63) is 58.1 Å². The number of piperidine rings is 1. The lowest BCUT2D eigenvalue weighted by Gasteiger charge is -2.43. The van der Waals surface area contributed by atoms with Gasteiger partial charge in [0.15, 0.2) is 0 Å². The summed E-state index contributed by atoms with van der Waals surface area (Å²) < 4.78 is 54.6. The van der Waals surface area contributed by atoms with Crippen molar-refractivity contribution in [1.82, 2.24) is 9.80 Å². The molecule has 214 valence electrons. The lowest BCUT2D eigenvalue weighted by molar-refractivity contribution is -0.274. The van der Waals surface area contributed by atoms with Gasteiger partial charge in [0.1, 0.15) is 23.7 Å². The van der Waals surface area contributed by atoms with Crippen molar-refractivity contribution >= 4 is 17.5 Å². The van der Waals surface area contributed by atoms with Gasteiger partial charge >= 0.3 is 6.36 Å². The van der Waals surface area contributed by atoms with Crippen molar-refractivity contribution in [3.63, 3.8) is 0 Å². The van der Waals surface area contributed by atoms with E-state index in [0.717, 1.165) is 11.1 Å². The fraction of sp³-hybridized carbons (Fsp3) is 0.536. The number of ether oxygens (including phenoxy) is 3. The Morgan fingerprint density at radius 1 is 1.13 bits per heavy atom. The molecule has 7 nitrogen and oxygen atoms in total. The van der Waals surface area contributed by atoms with Crippen LogP contribution < -0.4 is 9.47 Å². The Kier molecular flexibility index (Phi) is 9.31. The summed E-state index contributed by atoms with van der Waals surface area (Å²) in [5.74, 6) is 0.246. The van der Waals surface area contributed by atoms with E-state index in [0.29, 0.717) is 68.5 Å². The summed E-state index contributed by atoms with van der Waals surface area (Å²) in [5.41, 5.74) is 1.41. The molecule has 1 N–H and O–H groups in total. The molecule has 0 unspecified atom stereocenters. The van der Waals surface area contributed by atoms with Crippen LogP contribution in [0.1, 0.15) is 36.0 Å². The van der Waals surface area contributed by atoms with Crippen molar-refractivity contribution in [2.45, 2.75) is 57.7 Å². The lowest BCUT2D eigenvalue weighted by atomic mass is 9.95. The molecule has 2 saturated heterocycles. The van der Waals surface area contributed by atoms with Crippen LogP contribution in [0.3, 0.4) is 0 Å². The van der Waals surface area contributed by atoms with Crippen molar-refractivity contribution in [2.24, 2.45) is 0 Å². The van der Waals surface area contributed by atoms with Gasteiger partial charge in [-0.05, 0) is 67.6 Å². The summed E-state index contributed by atoms with van der Waals surface area (Å²) in [6.45, 7) is 6.38. The van der Waals surface area contributed by atoms with Gasteiger partial charge in [-0.15, -0.1) is 13.2 Å². The van der Waals surface area contributed by atoms with Crippen LogP contribution >= 0.6 is 11.6 Å². The van der Waals surface area contributed by atoms with Gasteiger partial charge in [-0.3, -0.25) is 9.69 Å². The van der Waals surface area contributed by atoms with E-state index in [-0.39, 0.29) is 24.7 Å². The van der Waals surface area contributed by atoms with Gasteiger partial charge in [-0.2, -0.15) is 0 Å². The Labute approximate surface area is 231 Å². The van der Waals surface area contributed by atoms with E-state index < -0.39 is 18.1 Å². The van der Waals surface area contributed by atoms with Crippen LogP contribution in [-0.2, 0) is 16.1 Å². The summed E-state index contributed by atoms with van der Waals surface area (Å²) in [6.07, 6.45) is -4.04. The second-order valence-corrected chi connectivity index (χ2v) is 10.8. The Bertz CT molecular complexity index is 1130. The maximum atomic E-state index is 13.3. The molecule has 0 radical (unpaired) electrons. The largest absolute Gasteiger partial charge is 0.573 e. The first-order chi connectivity index (χ1) is 18.4. The van der Waals surface area contributed by atoms with Crippen LogP contribution in [0.25, 0.3) is 0 Å². The molecule has 2 heterocycles. The monoisotopic (exact) mass is 570 g/mol. The summed E-state index contributed by atoms with van der Waals surface area (Å²) in [6, 6.07) is 9.56. The Morgan fingerprint density at radius 3 is 2.49 bits per heavy atom. The molecule has 0 bridgehead atoms. The average Bonchev–Trinajstić information content (AvgIpc) is 2.86. The first-order valence-corrected chi connectivity index (χ1v) is 13.4. The van der Waals surface area contributed by atoms with E-state index in [4.69, 9.17) is 21.1 Å². The summed E-state index contributed by atoms with van der Waals surface area (Å²) in [5, 5.41) is 10.5. The van der Waals surface area contributed by atoms with E-state index in [1.165, 1.54) is 18.2 Å². The normalized spacial score (nSPS) is 21.2. The molecule has 1 atom stereocenters. The molecule has 1 amide bonds. The third-order valence-corrected chi connectivity index (χ3v) is 7.66. The van der Waals surface area contributed by atoms with Gasteiger partial charge in [-0.25, -0.2) is 0 Å². The molecule has 0 spiro atoms. The van der Waals surface area contributed by atoms with Gasteiger partial charge in [0, 0.05) is 37.7 Å². The van der Waals surface area contributed by atoms with Crippen LogP contribution in [0.15, 0.2) is 36.4 Å². The molecule has 2 aliphatic heterocycles. The number of aliphatic hydroxyl groups excluding tert-OH is 1. The summed E-state index contributed by atoms with van der Waals surface area (Å²) in [4.78, 5) is 17.1. The molecule has 0 aliphatic carbocycles. The zero-order valence-electron chi connectivity index (χ0n) is 22.1. The quantitative estimate of drug-likeness (QED) is 0.488. The number of carbonyl (C=O) groups is 1. The predicted octanol–water partition coefficient (Wildman–Crippen LogP) is 4.88. The second-order valence-electron chi connectivity index (χ2n) is 10.4. The highest BCUT2D eigenvalue weighted by molar-refractivity contribution is 6.32. The number of nitrogens with zero attached hydrogens (tertiary/aromatic N) is 2. The smallest absolute Gasteiger partial charge is 0.490 e. The highest BCUT2D eigenvalue weighted by atomic mass is 35.5. The third-order valence-electron chi connectivity index (χ3n) is 7.07. The van der Waals surface area contributed by atoms with Gasteiger partial charge in [-0.1, -0.05) is 23.7 Å². The fourth-order valence-corrected chi connectivity index (χ4v) is 5.22. The molecule has 4 rings (SSSR count). The predicted molar refractivity (Wildman–Crippen MR) is 140 cm³/mol. The topological polar surface area (TPSA) is 71.5 Å². The van der Waals surface area contributed by atoms with Crippen molar-refractivity contribution in [2.75, 3.05) is 39.4 Å². The molecular formula is C28H34ClF3N2O5. The minimum absolute atomic E-state index is 0.0718. The van der Waals surface area contributed by atoms with Crippen molar-refractivity contribution in [1.29, 1.82) is 0 Å². The number of alkyl halides is 3. The Morgan fingerprint density at radius 2 is 1.82 bits per heavy atom. The first-order valence-electron chi connectivity index (χ1n) is 13.0. The van der Waals surface area contributed by atoms with Crippen molar-refractivity contribution < 1.29 is 37.3 Å². The van der Waals surface area contributed by atoms with E-state index >= 15 is 0 Å². The zero-order chi connectivity index (χ0) is 28.2. The van der Waals surface area contributed by atoms with E-state index in [2.05, 4.69) is 4.74 Å². The highest BCUT2D eigenvalue weighted by Crippen LogP contribution is 2.31. The third kappa shape index (κ3) is 8.23. The number of morpholine rings is 1. The molecule has 0 saturated carbocycles. The van der Waals surface area contributed by atoms with Crippen LogP contribution in [0.2, 0.25) is 5.02 Å². The molecule has 2 aliphatic rings. The molecule has 39 heavy (non-hydrogen) atoms. The highest BCUT2D eigenvalue weighted by Gasteiger charge is 2.41. The lowest BCUT2D eigenvalue weighted by Crippen LogP contribution is -2.57. The number of aryl methyl sites for hydroxylation is 2. The van der Waals surface area contributed by atoms with Crippen LogP contribution in [0.4, 0.5) is 13.2 Å². The Balaban J connectivity index is 1.51. The maximum Gasteiger partial charge on any atom is 0.573 e. The molecule has 11 heteroatoms. The number of likely N-dealkylation sites (tertiary alicyclic amines) is 1. The number of rotatable bonds is 8. The number of halogens is 4. The summed E-state index contributed by atoms with van der Waals surface area (Å²) in [7, 11) is 0. The molecule has 2 aromatic rings. The van der Waals surface area contributed by atoms with Gasteiger partial charge in [0.2, 0.25) is 5.91 Å². The van der Waals surface area contributed by atoms with Gasteiger partial charge in [0.25, 0.3) is 0 Å². The zero-order valence-corrected chi connectivity index (χ0v) is 22.9. The number of hydrogen-bond acceptors (Lipinski definition) is 6. The molecule has 0 aromatic heterocycles. The van der Waals surface area contributed by atoms with Gasteiger partial charge in [0.05, 0.1) is 19.1 Å². The first kappa shape index (κ1) is 29.5. The van der Waals surface area contributed by atoms with Gasteiger partial charge < -0.3 is 24.2 Å². The number of benzene rings is 2. The number of carbonyl (C=O) groups excluding carboxylic acids is 1. The van der Waals surface area contributed by atoms with E-state index in [1.807, 2.05) is 30.9 Å². The fourth-order valence-electron chi connectivity index (χ4n) is 5.11. The average molecular weight is 571 g/mol. The molecular weight excluding hydrogens is 537 g/mol. The van der Waals surface area contributed by atoms with Crippen LogP contribution in [0.5, 0.6) is 11.5 Å².